The van der Waals surface area contributed by atoms with Crippen molar-refractivity contribution in [3.63, 3.8) is 0 Å². The van der Waals surface area contributed by atoms with E-state index in [0.717, 1.165) is 28.5 Å². The Bertz CT molecular complexity index is 1760. The average Bonchev–Trinajstić information content (AvgIpc) is 3.73. The van der Waals surface area contributed by atoms with E-state index in [1.54, 1.807) is 0 Å². The van der Waals surface area contributed by atoms with Crippen LogP contribution in [0, 0.1) is 0 Å². The van der Waals surface area contributed by atoms with E-state index in [4.69, 9.17) is 40.2 Å². The maximum absolute atomic E-state index is 15.9. The minimum atomic E-state index is -4.76. The summed E-state index contributed by atoms with van der Waals surface area (Å²) in [5.74, 6) is -0.626. The first-order chi connectivity index (χ1) is 20.9. The summed E-state index contributed by atoms with van der Waals surface area (Å²) in [6, 6.07) is -1.12. The van der Waals surface area contributed by atoms with E-state index in [0.29, 0.717) is 0 Å². The van der Waals surface area contributed by atoms with Crippen LogP contribution >= 0.6 is 6.72 Å². The predicted molar refractivity (Wildman–Crippen MR) is 144 cm³/mol. The van der Waals surface area contributed by atoms with E-state index in [-0.39, 0.29) is 22.8 Å². The summed E-state index contributed by atoms with van der Waals surface area (Å²) >= 11 is 4.99. The van der Waals surface area contributed by atoms with Crippen LogP contribution in [-0.4, -0.2) is 119 Å². The number of nitrogen functional groups attached to an aromatic ring is 1. The number of aliphatic imine (C=N–C) groups is 3. The Morgan fingerprint density at radius 2 is 1.91 bits per heavy atom. The number of imidazole rings is 1. The highest BCUT2D eigenvalue weighted by atomic mass is 32.5. The summed E-state index contributed by atoms with van der Waals surface area (Å²) in [5, 5.41) is 0. The molecular formula is C20H20F2N10O9PS2-. The number of carbonyl (C=O) groups is 1. The van der Waals surface area contributed by atoms with Gasteiger partial charge in [0.15, 0.2) is 42.3 Å². The molecule has 5 aliphatic heterocycles. The lowest BCUT2D eigenvalue weighted by Gasteiger charge is -2.34. The second-order valence-electron chi connectivity index (χ2n) is 9.92. The number of ether oxygens (including phenoxy) is 2. The van der Waals surface area contributed by atoms with Crippen molar-refractivity contribution in [3.8, 4) is 0 Å². The van der Waals surface area contributed by atoms with Crippen LogP contribution in [0.3, 0.4) is 0 Å². The molecular weight excluding hydrogens is 657 g/mol. The van der Waals surface area contributed by atoms with Crippen LogP contribution in [0.4, 0.5) is 14.6 Å². The average molecular weight is 678 g/mol. The van der Waals surface area contributed by atoms with Crippen molar-refractivity contribution >= 4 is 70.2 Å². The van der Waals surface area contributed by atoms with E-state index >= 15 is 8.78 Å². The molecule has 0 saturated carbocycles. The van der Waals surface area contributed by atoms with Crippen LogP contribution < -0.4 is 15.3 Å². The minimum absolute atomic E-state index is 0.00465. The maximum Gasteiger partial charge on any atom is 0.336 e. The molecule has 3 N–H and O–H groups in total. The van der Waals surface area contributed by atoms with Gasteiger partial charge in [-0.15, -0.1) is 0 Å². The molecule has 0 aromatic carbocycles. The van der Waals surface area contributed by atoms with Gasteiger partial charge in [-0.05, 0) is 0 Å². The van der Waals surface area contributed by atoms with Crippen LogP contribution in [0.2, 0.25) is 0 Å². The second kappa shape index (κ2) is 10.8. The van der Waals surface area contributed by atoms with Gasteiger partial charge in [0, 0.05) is 6.54 Å². The minimum Gasteiger partial charge on any atom is -0.780 e. The van der Waals surface area contributed by atoms with Crippen LogP contribution in [0.1, 0.15) is 6.23 Å². The molecule has 1 amide bonds. The summed E-state index contributed by atoms with van der Waals surface area (Å²) in [6.45, 7) is -6.03. The van der Waals surface area contributed by atoms with Crippen molar-refractivity contribution in [2.75, 3.05) is 18.9 Å². The highest BCUT2D eigenvalue weighted by Crippen LogP contribution is 2.47. The molecule has 24 heteroatoms. The number of carbonyl (C=O) groups excluding carboxylic acids is 1. The summed E-state index contributed by atoms with van der Waals surface area (Å²) in [5.41, 5.74) is 6.02. The number of aromatic nitrogens is 4. The monoisotopic (exact) mass is 677 g/mol. The first kappa shape index (κ1) is 29.7. The lowest BCUT2D eigenvalue weighted by molar-refractivity contribution is -0.216. The zero-order valence-corrected chi connectivity index (χ0v) is 24.3. The Labute approximate surface area is 250 Å². The van der Waals surface area contributed by atoms with Gasteiger partial charge in [0.2, 0.25) is 0 Å². The van der Waals surface area contributed by atoms with Crippen LogP contribution in [-0.2, 0) is 49.6 Å². The Hall–Kier alpha value is -2.99. The summed E-state index contributed by atoms with van der Waals surface area (Å²) < 4.78 is 88.1. The van der Waals surface area contributed by atoms with E-state index in [9.17, 15) is 18.1 Å². The summed E-state index contributed by atoms with van der Waals surface area (Å²) in [7, 11) is -4.76. The Morgan fingerprint density at radius 1 is 1.14 bits per heavy atom. The number of nitrogens with zero attached hydrogens (tertiary/aromatic N) is 8. The fraction of sp³-hybridized carbons (Fsp3) is 0.550. The van der Waals surface area contributed by atoms with Gasteiger partial charge in [-0.2, -0.15) is 18.1 Å². The number of rotatable bonds is 2. The number of halogens is 2. The van der Waals surface area contributed by atoms with E-state index in [1.165, 1.54) is 6.33 Å². The number of hydrogen-bond donors (Lipinski definition) is 2. The van der Waals surface area contributed by atoms with Crippen molar-refractivity contribution in [2.24, 2.45) is 15.0 Å². The normalized spacial score (nSPS) is 40.2. The highest BCUT2D eigenvalue weighted by Gasteiger charge is 2.54. The highest BCUT2D eigenvalue weighted by molar-refractivity contribution is 8.06. The van der Waals surface area contributed by atoms with E-state index < -0.39 is 91.3 Å². The molecule has 0 aliphatic carbocycles. The summed E-state index contributed by atoms with van der Waals surface area (Å²) in [6.07, 6.45) is -9.57. The van der Waals surface area contributed by atoms with Gasteiger partial charge < -0.3 is 29.1 Å². The molecule has 236 valence electrons. The van der Waals surface area contributed by atoms with Gasteiger partial charge >= 0.3 is 10.3 Å². The van der Waals surface area contributed by atoms with Crippen LogP contribution in [0.5, 0.6) is 0 Å². The molecule has 0 spiro atoms. The van der Waals surface area contributed by atoms with Crippen LogP contribution in [0.25, 0.3) is 11.2 Å². The molecule has 19 nitrogen and oxygen atoms in total. The smallest absolute Gasteiger partial charge is 0.336 e. The molecule has 5 aliphatic rings. The number of nitrogens with two attached hydrogens (primary N) is 1. The number of amides is 1. The molecule has 7 heterocycles. The number of nitrogens with one attached hydrogen (secondary N) is 1. The SMILES string of the molecule is Nc1ncnc2c1ncn2[C@@H]1O[C@@H]2COP([O-])(=S)O[C@H]3[C@@H](F)[C@H](N4C=NC5C(=O)N=CN=C54)O[C@@H]3CNS(=O)(=O)O[C@H]2[C@H]1F. The van der Waals surface area contributed by atoms with Gasteiger partial charge in [0.05, 0.1) is 19.3 Å². The molecule has 3 fully saturated rings. The van der Waals surface area contributed by atoms with Crippen molar-refractivity contribution in [3.05, 3.63) is 12.7 Å². The molecule has 0 bridgehead atoms. The molecule has 7 rings (SSSR count). The Kier molecular flexibility index (Phi) is 7.31. The fourth-order valence-electron chi connectivity index (χ4n) is 5.27. The fourth-order valence-corrected chi connectivity index (χ4v) is 7.65. The summed E-state index contributed by atoms with van der Waals surface area (Å²) in [4.78, 5) is 49.7. The standard InChI is InChI=1S/C20H21F2N10O9PS2/c21-9-13-7(38-19(9)32-6-29-12-17(32)26-4-27-18(12)33)1-30-44(35,36)41-14-8(2-37-42(34,43)40-13)39-20(10(14)22)31-5-28-11-15(23)24-3-25-16(11)31/h3-10,12-14,19-20,30H,1-2H2,(H,34,43)(H2,23,24,25)/p-1/t7-,8-,9-,10-,12?,13-,14-,19-,20-,42?/m1/s1. The number of alkyl halides is 2. The van der Waals surface area contributed by atoms with E-state index in [1.807, 2.05) is 0 Å². The molecule has 2 unspecified atom stereocenters. The van der Waals surface area contributed by atoms with Crippen LogP contribution in [0.15, 0.2) is 27.6 Å². The number of hydrogen-bond acceptors (Lipinski definition) is 17. The molecule has 2 aromatic rings. The number of amidine groups is 1. The quantitative estimate of drug-likeness (QED) is 0.315. The second-order valence-corrected chi connectivity index (χ2v) is 14.0. The Balaban J connectivity index is 1.14. The molecule has 0 radical (unpaired) electrons. The lowest BCUT2D eigenvalue weighted by Crippen LogP contribution is -2.47. The first-order valence-electron chi connectivity index (χ1n) is 12.7. The first-order valence-corrected chi connectivity index (χ1v) is 16.7. The Morgan fingerprint density at radius 3 is 2.73 bits per heavy atom. The van der Waals surface area contributed by atoms with Gasteiger partial charge in [0.25, 0.3) is 5.91 Å². The van der Waals surface area contributed by atoms with Crippen molar-refractivity contribution in [1.29, 1.82) is 0 Å². The van der Waals surface area contributed by atoms with E-state index in [2.05, 4.69) is 34.7 Å². The lowest BCUT2D eigenvalue weighted by atomic mass is 10.1. The van der Waals surface area contributed by atoms with Gasteiger partial charge in [0.1, 0.15) is 55.2 Å². The third kappa shape index (κ3) is 5.11. The molecule has 3 saturated heterocycles. The molecule has 10 atom stereocenters. The third-order valence-electron chi connectivity index (χ3n) is 7.27. The third-order valence-corrected chi connectivity index (χ3v) is 9.81. The molecule has 44 heavy (non-hydrogen) atoms. The van der Waals surface area contributed by atoms with Gasteiger partial charge in [-0.3, -0.25) is 19.3 Å². The van der Waals surface area contributed by atoms with Crippen molar-refractivity contribution in [2.45, 2.75) is 55.3 Å². The predicted octanol–water partition coefficient (Wildman–Crippen LogP) is -2.39. The van der Waals surface area contributed by atoms with Crippen molar-refractivity contribution in [1.82, 2.24) is 29.1 Å². The largest absolute Gasteiger partial charge is 0.780 e. The van der Waals surface area contributed by atoms with Gasteiger partial charge in [-0.25, -0.2) is 32.9 Å². The van der Waals surface area contributed by atoms with Crippen molar-refractivity contribution < 1.29 is 49.6 Å². The topological polar surface area (TPSA) is 242 Å². The number of fused-ring (bicyclic) bond motifs is 4. The number of anilines is 1. The zero-order valence-electron chi connectivity index (χ0n) is 21.8. The zero-order chi connectivity index (χ0) is 31.0. The molecule has 2 aromatic heterocycles. The maximum atomic E-state index is 15.9. The van der Waals surface area contributed by atoms with Gasteiger partial charge in [-0.1, -0.05) is 11.8 Å².